The van der Waals surface area contributed by atoms with Crippen molar-refractivity contribution in [1.82, 2.24) is 4.72 Å². The van der Waals surface area contributed by atoms with Crippen molar-refractivity contribution >= 4 is 27.3 Å². The summed E-state index contributed by atoms with van der Waals surface area (Å²) in [7, 11) is -3.13. The van der Waals surface area contributed by atoms with Crippen LogP contribution in [0.4, 0.5) is 11.4 Å². The van der Waals surface area contributed by atoms with Crippen LogP contribution in [0.5, 0.6) is 5.75 Å². The molecule has 1 aliphatic heterocycles. The molecule has 1 fully saturated rings. The molecule has 0 saturated heterocycles. The summed E-state index contributed by atoms with van der Waals surface area (Å²) in [6, 6.07) is 6.04. The first-order chi connectivity index (χ1) is 13.7. The number of carbonyl (C=O) groups is 1. The summed E-state index contributed by atoms with van der Waals surface area (Å²) in [6.45, 7) is 8.29. The van der Waals surface area contributed by atoms with E-state index in [1.165, 1.54) is 0 Å². The molecule has 2 N–H and O–H groups in total. The zero-order chi connectivity index (χ0) is 21.2. The van der Waals surface area contributed by atoms with Gasteiger partial charge in [-0.25, -0.2) is 13.1 Å². The van der Waals surface area contributed by atoms with Gasteiger partial charge in [-0.3, -0.25) is 4.79 Å². The molecule has 1 aromatic carbocycles. The highest BCUT2D eigenvalue weighted by molar-refractivity contribution is 7.89. The molecule has 3 rings (SSSR count). The Bertz CT molecular complexity index is 832. The number of rotatable bonds is 7. The molecule has 0 radical (unpaired) electrons. The summed E-state index contributed by atoms with van der Waals surface area (Å²) in [4.78, 5) is 14.2. The summed E-state index contributed by atoms with van der Waals surface area (Å²) in [5.74, 6) is 1.37. The molecule has 1 heterocycles. The average molecular weight is 424 g/mol. The quantitative estimate of drug-likeness (QED) is 0.704. The van der Waals surface area contributed by atoms with Gasteiger partial charge in [-0.2, -0.15) is 0 Å². The van der Waals surface area contributed by atoms with Crippen molar-refractivity contribution in [2.24, 2.45) is 5.92 Å². The third kappa shape index (κ3) is 5.22. The van der Waals surface area contributed by atoms with E-state index in [-0.39, 0.29) is 23.7 Å². The normalized spacial score (nSPS) is 24.9. The van der Waals surface area contributed by atoms with Gasteiger partial charge in [-0.05, 0) is 71.4 Å². The fourth-order valence-electron chi connectivity index (χ4n) is 4.09. The molecule has 2 aliphatic rings. The maximum atomic E-state index is 12.4. The third-order valence-electron chi connectivity index (χ3n) is 5.79. The smallest absolute Gasteiger partial charge is 0.268 e. The Morgan fingerprint density at radius 2 is 1.90 bits per heavy atom. The molecule has 1 saturated carbocycles. The first kappa shape index (κ1) is 21.9. The lowest BCUT2D eigenvalue weighted by atomic mass is 9.86. The van der Waals surface area contributed by atoms with Crippen molar-refractivity contribution < 1.29 is 17.9 Å². The number of nitrogens with zero attached hydrogens (tertiary/aromatic N) is 1. The number of ether oxygens (including phenoxy) is 1. The molecule has 1 aromatic rings. The molecule has 1 unspecified atom stereocenters. The Morgan fingerprint density at radius 1 is 1.21 bits per heavy atom. The Hall–Kier alpha value is -1.80. The van der Waals surface area contributed by atoms with Gasteiger partial charge in [0.15, 0.2) is 6.10 Å². The number of amides is 1. The summed E-state index contributed by atoms with van der Waals surface area (Å²) in [5.41, 5.74) is 1.79. The van der Waals surface area contributed by atoms with Crippen molar-refractivity contribution in [3.63, 3.8) is 0 Å². The molecule has 29 heavy (non-hydrogen) atoms. The van der Waals surface area contributed by atoms with Gasteiger partial charge >= 0.3 is 0 Å². The second-order valence-corrected chi connectivity index (χ2v) is 10.4. The molecule has 0 bridgehead atoms. The highest BCUT2D eigenvalue weighted by Crippen LogP contribution is 2.37. The lowest BCUT2D eigenvalue weighted by molar-refractivity contribution is -0.125. The minimum atomic E-state index is -3.13. The van der Waals surface area contributed by atoms with E-state index in [4.69, 9.17) is 4.74 Å². The lowest BCUT2D eigenvalue weighted by Gasteiger charge is -2.36. The van der Waals surface area contributed by atoms with Gasteiger partial charge in [0, 0.05) is 30.4 Å². The zero-order valence-electron chi connectivity index (χ0n) is 17.8. The molecule has 1 amide bonds. The third-order valence-corrected chi connectivity index (χ3v) is 7.25. The van der Waals surface area contributed by atoms with E-state index >= 15 is 0 Å². The highest BCUT2D eigenvalue weighted by atomic mass is 32.2. The molecular weight excluding hydrogens is 390 g/mol. The first-order valence-corrected chi connectivity index (χ1v) is 12.2. The molecule has 0 aromatic heterocycles. The average Bonchev–Trinajstić information content (AvgIpc) is 2.68. The summed E-state index contributed by atoms with van der Waals surface area (Å²) in [6.07, 6.45) is 3.27. The van der Waals surface area contributed by atoms with E-state index in [9.17, 15) is 13.2 Å². The van der Waals surface area contributed by atoms with Crippen molar-refractivity contribution in [3.8, 4) is 5.75 Å². The van der Waals surface area contributed by atoms with Gasteiger partial charge in [-0.1, -0.05) is 0 Å². The standard InChI is InChI=1S/C21H33N3O4S/c1-5-29(26,27)23-17-8-6-16(7-9-17)13-22-18-10-11-19-20(12-18)28-15(4)21(25)24(19)14(2)3/h10-12,14-17,22-23H,5-9,13H2,1-4H3. The van der Waals surface area contributed by atoms with Crippen LogP contribution in [0.25, 0.3) is 0 Å². The van der Waals surface area contributed by atoms with Crippen LogP contribution >= 0.6 is 0 Å². The maximum Gasteiger partial charge on any atom is 0.268 e. The monoisotopic (exact) mass is 423 g/mol. The summed E-state index contributed by atoms with van der Waals surface area (Å²) >= 11 is 0. The van der Waals surface area contributed by atoms with Crippen molar-refractivity contribution in [3.05, 3.63) is 18.2 Å². The summed E-state index contributed by atoms with van der Waals surface area (Å²) < 4.78 is 32.1. The predicted molar refractivity (Wildman–Crippen MR) is 116 cm³/mol. The number of carbonyl (C=O) groups excluding carboxylic acids is 1. The van der Waals surface area contributed by atoms with E-state index in [1.807, 2.05) is 32.0 Å². The Labute approximate surface area is 174 Å². The van der Waals surface area contributed by atoms with Gasteiger partial charge in [0.25, 0.3) is 5.91 Å². The van der Waals surface area contributed by atoms with Crippen LogP contribution in [0, 0.1) is 5.92 Å². The summed E-state index contributed by atoms with van der Waals surface area (Å²) in [5, 5.41) is 3.49. The van der Waals surface area contributed by atoms with Gasteiger partial charge in [0.05, 0.1) is 11.4 Å². The van der Waals surface area contributed by atoms with Crippen molar-refractivity contribution in [2.75, 3.05) is 22.5 Å². The Balaban J connectivity index is 1.56. The van der Waals surface area contributed by atoms with Crippen LogP contribution in [0.3, 0.4) is 0 Å². The molecule has 8 heteroatoms. The van der Waals surface area contributed by atoms with Gasteiger partial charge in [0.2, 0.25) is 10.0 Å². The predicted octanol–water partition coefficient (Wildman–Crippen LogP) is 3.12. The SMILES string of the molecule is CCS(=O)(=O)NC1CCC(CNc2ccc3c(c2)OC(C)C(=O)N3C(C)C)CC1. The van der Waals surface area contributed by atoms with Crippen LogP contribution in [0.15, 0.2) is 18.2 Å². The van der Waals surface area contributed by atoms with Crippen LogP contribution in [-0.2, 0) is 14.8 Å². The number of nitrogens with one attached hydrogen (secondary N) is 2. The van der Waals surface area contributed by atoms with E-state index < -0.39 is 16.1 Å². The van der Waals surface area contributed by atoms with E-state index in [1.54, 1.807) is 18.7 Å². The largest absolute Gasteiger partial charge is 0.479 e. The van der Waals surface area contributed by atoms with Crippen LogP contribution in [0.1, 0.15) is 53.4 Å². The minimum Gasteiger partial charge on any atom is -0.479 e. The molecule has 1 aliphatic carbocycles. The Kier molecular flexibility index (Phi) is 6.73. The minimum absolute atomic E-state index is 0.0105. The lowest BCUT2D eigenvalue weighted by Crippen LogP contribution is -2.47. The second-order valence-electron chi connectivity index (χ2n) is 8.36. The number of hydrogen-bond acceptors (Lipinski definition) is 5. The van der Waals surface area contributed by atoms with Gasteiger partial charge < -0.3 is 15.0 Å². The number of anilines is 2. The van der Waals surface area contributed by atoms with Crippen LogP contribution in [0.2, 0.25) is 0 Å². The fraction of sp³-hybridized carbons (Fsp3) is 0.667. The number of benzene rings is 1. The molecule has 1 atom stereocenters. The topological polar surface area (TPSA) is 87.7 Å². The molecule has 162 valence electrons. The Morgan fingerprint density at radius 3 is 2.52 bits per heavy atom. The zero-order valence-corrected chi connectivity index (χ0v) is 18.6. The van der Waals surface area contributed by atoms with Crippen molar-refractivity contribution in [1.29, 1.82) is 0 Å². The molecule has 0 spiro atoms. The van der Waals surface area contributed by atoms with Crippen LogP contribution in [-0.4, -0.2) is 44.8 Å². The highest BCUT2D eigenvalue weighted by Gasteiger charge is 2.33. The van der Waals surface area contributed by atoms with E-state index in [0.29, 0.717) is 5.92 Å². The van der Waals surface area contributed by atoms with Gasteiger partial charge in [-0.15, -0.1) is 0 Å². The van der Waals surface area contributed by atoms with Crippen LogP contribution < -0.4 is 19.7 Å². The van der Waals surface area contributed by atoms with Crippen molar-refractivity contribution in [2.45, 2.75) is 71.6 Å². The van der Waals surface area contributed by atoms with E-state index in [2.05, 4.69) is 10.0 Å². The van der Waals surface area contributed by atoms with Gasteiger partial charge in [0.1, 0.15) is 5.75 Å². The van der Waals surface area contributed by atoms with E-state index in [0.717, 1.165) is 49.4 Å². The first-order valence-electron chi connectivity index (χ1n) is 10.6. The number of sulfonamides is 1. The number of fused-ring (bicyclic) bond motifs is 1. The second kappa shape index (κ2) is 8.92. The molecular formula is C21H33N3O4S. The molecule has 7 nitrogen and oxygen atoms in total. The fourth-order valence-corrected chi connectivity index (χ4v) is 5.00. The number of hydrogen-bond donors (Lipinski definition) is 2. The maximum absolute atomic E-state index is 12.4.